The van der Waals surface area contributed by atoms with Gasteiger partial charge in [0.25, 0.3) is 0 Å². The topological polar surface area (TPSA) is 0 Å². The van der Waals surface area contributed by atoms with Crippen LogP contribution in [0.15, 0.2) is 0 Å². The Balaban J connectivity index is 3.59. The molecule has 0 aliphatic heterocycles. The maximum absolute atomic E-state index is 11.5. The van der Waals surface area contributed by atoms with Gasteiger partial charge in [-0.3, -0.25) is 0 Å². The molecule has 1 atom stereocenters. The molecule has 5 heteroatoms. The van der Waals surface area contributed by atoms with Crippen molar-refractivity contribution in [3.05, 3.63) is 6.67 Å². The molecule has 0 saturated heterocycles. The second-order valence-corrected chi connectivity index (χ2v) is 1.40. The van der Waals surface area contributed by atoms with Crippen LogP contribution in [0.1, 0.15) is 6.42 Å². The fraction of sp³-hybridized carbons (Fsp3) is 0.750. The van der Waals surface area contributed by atoms with Crippen molar-refractivity contribution in [1.29, 1.82) is 0 Å². The van der Waals surface area contributed by atoms with E-state index in [2.05, 4.69) is 0 Å². The Morgan fingerprint density at radius 1 is 1.33 bits per heavy atom. The first-order chi connectivity index (χ1) is 3.98. The smallest absolute Gasteiger partial charge is 0.244 e. The highest BCUT2D eigenvalue weighted by Crippen LogP contribution is 2.25. The van der Waals surface area contributed by atoms with Crippen molar-refractivity contribution < 1.29 is 22.0 Å². The highest BCUT2D eigenvalue weighted by Gasteiger charge is 2.39. The van der Waals surface area contributed by atoms with Crippen molar-refractivity contribution in [1.82, 2.24) is 0 Å². The Labute approximate surface area is 48.7 Å². The first-order valence-electron chi connectivity index (χ1n) is 2.11. The molecule has 0 aliphatic rings. The third kappa shape index (κ3) is 3.26. The van der Waals surface area contributed by atoms with Crippen molar-refractivity contribution in [2.75, 3.05) is 0 Å². The molecule has 0 amide bonds. The van der Waals surface area contributed by atoms with E-state index in [1.807, 2.05) is 0 Å². The molecule has 0 fully saturated rings. The van der Waals surface area contributed by atoms with Gasteiger partial charge in [-0.25, -0.2) is 8.78 Å². The van der Waals surface area contributed by atoms with Gasteiger partial charge >= 0.3 is 6.18 Å². The van der Waals surface area contributed by atoms with Crippen molar-refractivity contribution in [3.63, 3.8) is 0 Å². The Hall–Kier alpha value is -0.350. The maximum atomic E-state index is 11.5. The van der Waals surface area contributed by atoms with Gasteiger partial charge in [-0.2, -0.15) is 13.2 Å². The average Bonchev–Trinajstić information content (AvgIpc) is 1.64. The molecule has 0 N–H and O–H groups in total. The number of alkyl halides is 4. The van der Waals surface area contributed by atoms with Gasteiger partial charge in [0, 0.05) is 6.42 Å². The molecular formula is C4H4F5. The lowest BCUT2D eigenvalue weighted by molar-refractivity contribution is -0.180. The highest BCUT2D eigenvalue weighted by atomic mass is 19.4. The van der Waals surface area contributed by atoms with Gasteiger partial charge < -0.3 is 0 Å². The minimum Gasteiger partial charge on any atom is -0.244 e. The van der Waals surface area contributed by atoms with Crippen LogP contribution in [0.4, 0.5) is 22.0 Å². The molecule has 0 aromatic heterocycles. The zero-order valence-corrected chi connectivity index (χ0v) is 4.25. The third-order valence-electron chi connectivity index (χ3n) is 0.651. The largest absolute Gasteiger partial charge is 0.419 e. The lowest BCUT2D eigenvalue weighted by atomic mass is 10.3. The quantitative estimate of drug-likeness (QED) is 0.526. The summed E-state index contributed by atoms with van der Waals surface area (Å²) in [5, 5.41) is 0. The summed E-state index contributed by atoms with van der Waals surface area (Å²) in [6.07, 6.45) is -9.21. The molecule has 1 radical (unpaired) electrons. The van der Waals surface area contributed by atoms with Crippen LogP contribution in [-0.4, -0.2) is 12.3 Å². The van der Waals surface area contributed by atoms with E-state index < -0.39 is 18.8 Å². The lowest BCUT2D eigenvalue weighted by Crippen LogP contribution is -2.23. The Morgan fingerprint density at radius 3 is 1.89 bits per heavy atom. The Bertz CT molecular complexity index is 75.5. The Morgan fingerprint density at radius 2 is 1.78 bits per heavy atom. The van der Waals surface area contributed by atoms with E-state index in [0.29, 0.717) is 0 Å². The van der Waals surface area contributed by atoms with E-state index in [9.17, 15) is 22.0 Å². The zero-order valence-electron chi connectivity index (χ0n) is 4.25. The zero-order chi connectivity index (χ0) is 7.49. The number of hydrogen-bond donors (Lipinski definition) is 0. The summed E-state index contributed by atoms with van der Waals surface area (Å²) >= 11 is 0. The molecule has 55 valence electrons. The van der Waals surface area contributed by atoms with E-state index in [-0.39, 0.29) is 6.67 Å². The molecule has 0 spiro atoms. The SMILES string of the molecule is F[CH]CC(F)C(F)(F)F. The first kappa shape index (κ1) is 8.65. The fourth-order valence-corrected chi connectivity index (χ4v) is 0.212. The summed E-state index contributed by atoms with van der Waals surface area (Å²) in [7, 11) is 0. The van der Waals surface area contributed by atoms with Crippen LogP contribution in [-0.2, 0) is 0 Å². The second-order valence-electron chi connectivity index (χ2n) is 1.40. The van der Waals surface area contributed by atoms with Crippen LogP contribution in [0.25, 0.3) is 0 Å². The molecule has 0 saturated carbocycles. The van der Waals surface area contributed by atoms with Gasteiger partial charge in [-0.05, 0) is 0 Å². The van der Waals surface area contributed by atoms with Crippen molar-refractivity contribution in [3.8, 4) is 0 Å². The Kier molecular flexibility index (Phi) is 2.87. The summed E-state index contributed by atoms with van der Waals surface area (Å²) in [5.41, 5.74) is 0. The van der Waals surface area contributed by atoms with Gasteiger partial charge in [-0.15, -0.1) is 0 Å². The summed E-state index contributed by atoms with van der Waals surface area (Å²) < 4.78 is 55.6. The van der Waals surface area contributed by atoms with Crippen molar-refractivity contribution >= 4 is 0 Å². The van der Waals surface area contributed by atoms with Gasteiger partial charge in [-0.1, -0.05) is 0 Å². The van der Waals surface area contributed by atoms with E-state index in [1.165, 1.54) is 0 Å². The first-order valence-corrected chi connectivity index (χ1v) is 2.11. The van der Waals surface area contributed by atoms with Crippen molar-refractivity contribution in [2.45, 2.75) is 18.8 Å². The summed E-state index contributed by atoms with van der Waals surface area (Å²) in [6, 6.07) is 0. The molecule has 1 unspecified atom stereocenters. The average molecular weight is 147 g/mol. The predicted molar refractivity (Wildman–Crippen MR) is 21.0 cm³/mol. The number of halogens is 5. The fourth-order valence-electron chi connectivity index (χ4n) is 0.212. The molecule has 0 aromatic carbocycles. The molecule has 9 heavy (non-hydrogen) atoms. The van der Waals surface area contributed by atoms with Crippen molar-refractivity contribution in [2.24, 2.45) is 0 Å². The minimum atomic E-state index is -4.93. The number of hydrogen-bond acceptors (Lipinski definition) is 0. The summed E-state index contributed by atoms with van der Waals surface area (Å²) in [6.45, 7) is -0.349. The van der Waals surface area contributed by atoms with Gasteiger partial charge in [0.2, 0.25) is 0 Å². The van der Waals surface area contributed by atoms with Gasteiger partial charge in [0.05, 0.1) is 0 Å². The van der Waals surface area contributed by atoms with Crippen LogP contribution in [0.5, 0.6) is 0 Å². The second kappa shape index (κ2) is 2.98. The summed E-state index contributed by atoms with van der Waals surface area (Å²) in [5.74, 6) is 0. The highest BCUT2D eigenvalue weighted by molar-refractivity contribution is 4.68. The van der Waals surface area contributed by atoms with Crippen LogP contribution in [0.2, 0.25) is 0 Å². The van der Waals surface area contributed by atoms with Gasteiger partial charge in [0.1, 0.15) is 6.67 Å². The summed E-state index contributed by atoms with van der Waals surface area (Å²) in [4.78, 5) is 0. The van der Waals surface area contributed by atoms with Crippen LogP contribution < -0.4 is 0 Å². The molecule has 0 nitrogen and oxygen atoms in total. The van der Waals surface area contributed by atoms with E-state index in [1.54, 1.807) is 0 Å². The van der Waals surface area contributed by atoms with Crippen LogP contribution in [0.3, 0.4) is 0 Å². The predicted octanol–water partition coefficient (Wildman–Crippen LogP) is 2.41. The monoisotopic (exact) mass is 147 g/mol. The van der Waals surface area contributed by atoms with Crippen LogP contribution >= 0.6 is 0 Å². The third-order valence-corrected chi connectivity index (χ3v) is 0.651. The maximum Gasteiger partial charge on any atom is 0.419 e. The molecule has 0 aliphatic carbocycles. The molecule has 0 aromatic rings. The molecule has 0 heterocycles. The standard InChI is InChI=1S/C4H4F5/c5-2-1-3(6)4(7,8)9/h2-3H,1H2. The van der Waals surface area contributed by atoms with E-state index in [4.69, 9.17) is 0 Å². The normalized spacial score (nSPS) is 15.7. The van der Waals surface area contributed by atoms with E-state index in [0.717, 1.165) is 0 Å². The molecule has 0 bridgehead atoms. The number of rotatable bonds is 2. The molecule has 0 rings (SSSR count). The minimum absolute atomic E-state index is 0.349. The van der Waals surface area contributed by atoms with Crippen LogP contribution in [0, 0.1) is 6.67 Å². The molecular weight excluding hydrogens is 143 g/mol. The van der Waals surface area contributed by atoms with E-state index >= 15 is 0 Å². The van der Waals surface area contributed by atoms with Gasteiger partial charge in [0.15, 0.2) is 6.17 Å². The lowest BCUT2D eigenvalue weighted by Gasteiger charge is -2.08.